The Balaban J connectivity index is 1.60. The number of aliphatic hydroxyl groups is 2. The smallest absolute Gasteiger partial charge is 0.379 e. The standard InChI is InChI=1S/C22H27N3O9S/c23-20(24)13-3-5-15(6-4-13)34-22(29)19-8-7-16(33-19)11-25-9-1-2-17(25)18(26)10-14(21(27)28)12-35(30,31)32/h3-8,14,17,21,27-28H,1-2,9-12H2,(H3,23,24)(H,30,31,32)/t14-,17+/m0/s1. The van der Waals surface area contributed by atoms with E-state index in [9.17, 15) is 28.2 Å². The van der Waals surface area contributed by atoms with Crippen LogP contribution in [-0.2, 0) is 21.5 Å². The van der Waals surface area contributed by atoms with Gasteiger partial charge in [-0.3, -0.25) is 19.7 Å². The molecule has 2 atom stereocenters. The Labute approximate surface area is 201 Å². The number of carbonyl (C=O) groups is 2. The van der Waals surface area contributed by atoms with E-state index in [-0.39, 0.29) is 29.7 Å². The third kappa shape index (κ3) is 7.44. The molecule has 35 heavy (non-hydrogen) atoms. The van der Waals surface area contributed by atoms with Gasteiger partial charge in [0.15, 0.2) is 6.29 Å². The van der Waals surface area contributed by atoms with Gasteiger partial charge in [-0.15, -0.1) is 0 Å². The molecule has 0 bridgehead atoms. The molecule has 2 aromatic rings. The minimum absolute atomic E-state index is 0.0469. The summed E-state index contributed by atoms with van der Waals surface area (Å²) in [6.07, 6.45) is -1.33. The molecule has 0 amide bonds. The number of hydrogen-bond donors (Lipinski definition) is 5. The largest absolute Gasteiger partial charge is 0.453 e. The molecule has 0 unspecified atom stereocenters. The third-order valence-electron chi connectivity index (χ3n) is 5.64. The minimum Gasteiger partial charge on any atom is -0.453 e. The van der Waals surface area contributed by atoms with Crippen molar-refractivity contribution in [3.63, 3.8) is 0 Å². The summed E-state index contributed by atoms with van der Waals surface area (Å²) in [6, 6.07) is 8.50. The zero-order chi connectivity index (χ0) is 25.8. The molecular weight excluding hydrogens is 482 g/mol. The van der Waals surface area contributed by atoms with Gasteiger partial charge in [0.05, 0.1) is 18.3 Å². The van der Waals surface area contributed by atoms with E-state index in [1.807, 2.05) is 0 Å². The van der Waals surface area contributed by atoms with Gasteiger partial charge in [-0.1, -0.05) is 0 Å². The first-order chi connectivity index (χ1) is 16.4. The lowest BCUT2D eigenvalue weighted by Gasteiger charge is -2.24. The van der Waals surface area contributed by atoms with Crippen LogP contribution in [0.5, 0.6) is 5.75 Å². The van der Waals surface area contributed by atoms with Crippen LogP contribution in [0.2, 0.25) is 0 Å². The van der Waals surface area contributed by atoms with Crippen molar-refractivity contribution in [1.29, 1.82) is 5.41 Å². The van der Waals surface area contributed by atoms with Crippen LogP contribution in [0.4, 0.5) is 0 Å². The van der Waals surface area contributed by atoms with Crippen LogP contribution in [-0.4, -0.2) is 70.3 Å². The topological polar surface area (TPSA) is 204 Å². The molecule has 1 aliphatic heterocycles. The number of nitrogens with zero attached hydrogens (tertiary/aromatic N) is 1. The predicted octanol–water partition coefficient (Wildman–Crippen LogP) is 0.521. The van der Waals surface area contributed by atoms with Gasteiger partial charge in [0.2, 0.25) is 5.76 Å². The fourth-order valence-corrected chi connectivity index (χ4v) is 4.76. The predicted molar refractivity (Wildman–Crippen MR) is 122 cm³/mol. The molecule has 190 valence electrons. The number of amidine groups is 1. The van der Waals surface area contributed by atoms with Crippen LogP contribution in [0.25, 0.3) is 0 Å². The van der Waals surface area contributed by atoms with Crippen molar-refractivity contribution in [1.82, 2.24) is 4.90 Å². The van der Waals surface area contributed by atoms with Crippen LogP contribution < -0.4 is 10.5 Å². The maximum atomic E-state index is 12.8. The molecule has 12 nitrogen and oxygen atoms in total. The lowest BCUT2D eigenvalue weighted by atomic mass is 9.98. The van der Waals surface area contributed by atoms with E-state index in [1.165, 1.54) is 18.2 Å². The van der Waals surface area contributed by atoms with Crippen molar-refractivity contribution in [2.24, 2.45) is 11.7 Å². The van der Waals surface area contributed by atoms with Crippen LogP contribution in [0, 0.1) is 11.3 Å². The van der Waals surface area contributed by atoms with E-state index in [2.05, 4.69) is 0 Å². The van der Waals surface area contributed by atoms with Crippen LogP contribution in [0.3, 0.4) is 0 Å². The van der Waals surface area contributed by atoms with Gasteiger partial charge >= 0.3 is 5.97 Å². The number of rotatable bonds is 11. The monoisotopic (exact) mass is 509 g/mol. The first kappa shape index (κ1) is 26.5. The number of carbonyl (C=O) groups excluding carboxylic acids is 2. The second-order valence-electron chi connectivity index (χ2n) is 8.31. The Hall–Kier alpha value is -3.10. The van der Waals surface area contributed by atoms with E-state index >= 15 is 0 Å². The van der Waals surface area contributed by atoms with Gasteiger partial charge in [-0.25, -0.2) is 4.79 Å². The lowest BCUT2D eigenvalue weighted by Crippen LogP contribution is -2.39. The summed E-state index contributed by atoms with van der Waals surface area (Å²) >= 11 is 0. The number of aliphatic hydroxyl groups excluding tert-OH is 1. The number of nitrogens with two attached hydrogens (primary N) is 1. The Bertz CT molecular complexity index is 1180. The molecule has 1 aliphatic rings. The molecule has 3 rings (SSSR count). The van der Waals surface area contributed by atoms with Gasteiger partial charge in [0.1, 0.15) is 23.1 Å². The van der Waals surface area contributed by atoms with Gasteiger partial charge in [0.25, 0.3) is 10.1 Å². The first-order valence-electron chi connectivity index (χ1n) is 10.8. The highest BCUT2D eigenvalue weighted by Crippen LogP contribution is 2.25. The molecule has 0 radical (unpaired) electrons. The molecular formula is C22H27N3O9S. The fraction of sp³-hybridized carbons (Fsp3) is 0.409. The highest BCUT2D eigenvalue weighted by atomic mass is 32.2. The highest BCUT2D eigenvalue weighted by molar-refractivity contribution is 7.85. The van der Waals surface area contributed by atoms with Gasteiger partial charge in [-0.2, -0.15) is 8.42 Å². The summed E-state index contributed by atoms with van der Waals surface area (Å²) in [6.45, 7) is 0.742. The number of furan rings is 1. The van der Waals surface area contributed by atoms with Gasteiger partial charge in [-0.05, 0) is 55.8 Å². The first-order valence-corrected chi connectivity index (χ1v) is 12.4. The second-order valence-corrected chi connectivity index (χ2v) is 9.81. The zero-order valence-corrected chi connectivity index (χ0v) is 19.5. The van der Waals surface area contributed by atoms with Crippen molar-refractivity contribution in [3.8, 4) is 5.75 Å². The molecule has 1 aromatic heterocycles. The van der Waals surface area contributed by atoms with Crippen LogP contribution in [0.15, 0.2) is 40.8 Å². The van der Waals surface area contributed by atoms with Crippen LogP contribution in [0.1, 0.15) is 41.1 Å². The molecule has 0 saturated carbocycles. The number of likely N-dealkylation sites (tertiary alicyclic amines) is 1. The molecule has 1 saturated heterocycles. The molecule has 0 spiro atoms. The molecule has 1 aromatic carbocycles. The highest BCUT2D eigenvalue weighted by Gasteiger charge is 2.35. The third-order valence-corrected chi connectivity index (χ3v) is 6.49. The van der Waals surface area contributed by atoms with E-state index in [1.54, 1.807) is 23.1 Å². The second kappa shape index (κ2) is 11.1. The van der Waals surface area contributed by atoms with E-state index < -0.39 is 46.5 Å². The van der Waals surface area contributed by atoms with Gasteiger partial charge < -0.3 is 25.1 Å². The minimum atomic E-state index is -4.49. The van der Waals surface area contributed by atoms with Crippen LogP contribution >= 0.6 is 0 Å². The summed E-state index contributed by atoms with van der Waals surface area (Å²) in [4.78, 5) is 26.9. The average Bonchev–Trinajstić information content (AvgIpc) is 3.42. The maximum absolute atomic E-state index is 12.8. The Morgan fingerprint density at radius 2 is 1.89 bits per heavy atom. The lowest BCUT2D eigenvalue weighted by molar-refractivity contribution is -0.130. The number of ketones is 1. The van der Waals surface area contributed by atoms with Crippen molar-refractivity contribution < 1.29 is 41.9 Å². The molecule has 13 heteroatoms. The molecule has 6 N–H and O–H groups in total. The van der Waals surface area contributed by atoms with Gasteiger partial charge in [0, 0.05) is 17.9 Å². The van der Waals surface area contributed by atoms with Crippen molar-refractivity contribution in [3.05, 3.63) is 53.5 Å². The summed E-state index contributed by atoms with van der Waals surface area (Å²) in [7, 11) is -4.49. The summed E-state index contributed by atoms with van der Waals surface area (Å²) in [5, 5.41) is 26.2. The van der Waals surface area contributed by atoms with Crippen molar-refractivity contribution in [2.45, 2.75) is 38.1 Å². The number of ether oxygens (including phenoxy) is 1. The quantitative estimate of drug-likeness (QED) is 0.0705. The Morgan fingerprint density at radius 1 is 1.20 bits per heavy atom. The number of hydrogen-bond acceptors (Lipinski definition) is 10. The summed E-state index contributed by atoms with van der Waals surface area (Å²) < 4.78 is 42.1. The summed E-state index contributed by atoms with van der Waals surface area (Å²) in [5.41, 5.74) is 5.88. The Morgan fingerprint density at radius 3 is 2.49 bits per heavy atom. The number of nitrogen functional groups attached to an aromatic ring is 1. The van der Waals surface area contributed by atoms with E-state index in [0.717, 1.165) is 0 Å². The Kier molecular flexibility index (Phi) is 8.40. The van der Waals surface area contributed by atoms with E-state index in [0.29, 0.717) is 30.7 Å². The van der Waals surface area contributed by atoms with E-state index in [4.69, 9.17) is 24.8 Å². The van der Waals surface area contributed by atoms with Crippen molar-refractivity contribution >= 4 is 27.7 Å². The SMILES string of the molecule is N=C(N)c1ccc(OC(=O)c2ccc(CN3CCC[C@@H]3C(=O)C[C@@H](CS(=O)(=O)O)C(O)O)o2)cc1. The zero-order valence-electron chi connectivity index (χ0n) is 18.7. The molecule has 1 fully saturated rings. The molecule has 2 heterocycles. The maximum Gasteiger partial charge on any atom is 0.379 e. The normalized spacial score (nSPS) is 17.4. The number of benzene rings is 1. The van der Waals surface area contributed by atoms with Crippen molar-refractivity contribution in [2.75, 3.05) is 12.3 Å². The average molecular weight is 510 g/mol. The fourth-order valence-electron chi connectivity index (χ4n) is 3.93. The number of Topliss-reactive ketones (excluding diaryl/α,β-unsaturated/α-hetero) is 1. The number of esters is 1. The number of nitrogens with one attached hydrogen (secondary N) is 1. The molecule has 0 aliphatic carbocycles. The summed E-state index contributed by atoms with van der Waals surface area (Å²) in [5.74, 6) is -2.92.